The van der Waals surface area contributed by atoms with Crippen molar-refractivity contribution in [3.05, 3.63) is 0 Å². The maximum atomic E-state index is 6.02. The maximum absolute atomic E-state index is 6.02. The van der Waals surface area contributed by atoms with Crippen LogP contribution in [0.3, 0.4) is 0 Å². The Morgan fingerprint density at radius 1 is 0.611 bits per heavy atom. The zero-order valence-corrected chi connectivity index (χ0v) is 11.9. The summed E-state index contributed by atoms with van der Waals surface area (Å²) in [7, 11) is 0. The van der Waals surface area contributed by atoms with Crippen LogP contribution in [0.2, 0.25) is 0 Å². The Bertz CT molecular complexity index is 163. The summed E-state index contributed by atoms with van der Waals surface area (Å²) in [6.45, 7) is 1.42. The third-order valence-electron chi connectivity index (χ3n) is 4.57. The summed E-state index contributed by atoms with van der Waals surface area (Å²) >= 11 is 0. The average Bonchev–Trinajstić information content (AvgIpc) is 2.61. The lowest BCUT2D eigenvalue weighted by molar-refractivity contribution is -0.107. The maximum Gasteiger partial charge on any atom is 0.147 e. The molecule has 0 spiro atoms. The molecule has 1 saturated carbocycles. The average molecular weight is 254 g/mol. The van der Waals surface area contributed by atoms with Crippen LogP contribution in [0.1, 0.15) is 77.0 Å². The van der Waals surface area contributed by atoms with E-state index in [4.69, 9.17) is 9.47 Å². The van der Waals surface area contributed by atoms with Crippen LogP contribution < -0.4 is 0 Å². The summed E-state index contributed by atoms with van der Waals surface area (Å²) in [5.74, 6) is 0.796. The Labute approximate surface area is 112 Å². The molecule has 0 aromatic rings. The van der Waals surface area contributed by atoms with E-state index in [1.165, 1.54) is 77.0 Å². The first-order chi connectivity index (χ1) is 8.97. The van der Waals surface area contributed by atoms with Gasteiger partial charge < -0.3 is 9.47 Å². The molecule has 1 aliphatic carbocycles. The number of hydrogen-bond acceptors (Lipinski definition) is 2. The SMILES string of the molecule is C1CCCCC(C2CCCCCOCO2)CCC1. The third kappa shape index (κ3) is 5.27. The van der Waals surface area contributed by atoms with E-state index in [0.717, 1.165) is 12.5 Å². The minimum absolute atomic E-state index is 0.473. The molecule has 0 N–H and O–H groups in total. The molecule has 0 radical (unpaired) electrons. The fraction of sp³-hybridized carbons (Fsp3) is 1.00. The molecule has 106 valence electrons. The number of rotatable bonds is 1. The molecular formula is C16H30O2. The molecule has 1 aliphatic heterocycles. The van der Waals surface area contributed by atoms with Gasteiger partial charge in [0.25, 0.3) is 0 Å². The van der Waals surface area contributed by atoms with E-state index in [1.807, 2.05) is 0 Å². The van der Waals surface area contributed by atoms with Gasteiger partial charge in [0, 0.05) is 6.61 Å². The van der Waals surface area contributed by atoms with E-state index >= 15 is 0 Å². The fourth-order valence-corrected chi connectivity index (χ4v) is 3.41. The van der Waals surface area contributed by atoms with Crippen molar-refractivity contribution in [2.45, 2.75) is 83.2 Å². The van der Waals surface area contributed by atoms with Gasteiger partial charge in [-0.15, -0.1) is 0 Å². The molecule has 18 heavy (non-hydrogen) atoms. The molecular weight excluding hydrogens is 224 g/mol. The van der Waals surface area contributed by atoms with Crippen LogP contribution in [-0.4, -0.2) is 19.5 Å². The monoisotopic (exact) mass is 254 g/mol. The molecule has 2 aliphatic rings. The second-order valence-electron chi connectivity index (χ2n) is 6.04. The highest BCUT2D eigenvalue weighted by Gasteiger charge is 2.22. The van der Waals surface area contributed by atoms with Gasteiger partial charge in [0.15, 0.2) is 0 Å². The van der Waals surface area contributed by atoms with Gasteiger partial charge in [0.1, 0.15) is 6.79 Å². The van der Waals surface area contributed by atoms with E-state index in [2.05, 4.69) is 0 Å². The Kier molecular flexibility index (Phi) is 7.11. The summed E-state index contributed by atoms with van der Waals surface area (Å²) in [5, 5.41) is 0. The molecule has 2 heteroatoms. The first-order valence-electron chi connectivity index (χ1n) is 8.16. The molecule has 0 bridgehead atoms. The standard InChI is InChI=1S/C16H30O2/c1-2-4-7-11-15(10-6-3-1)16-12-8-5-9-13-17-14-18-16/h15-16H,1-14H2. The minimum atomic E-state index is 0.473. The molecule has 0 amide bonds. The molecule has 1 unspecified atom stereocenters. The predicted octanol–water partition coefficient (Wildman–Crippen LogP) is 4.67. The summed E-state index contributed by atoms with van der Waals surface area (Å²) in [4.78, 5) is 0. The smallest absolute Gasteiger partial charge is 0.147 e. The van der Waals surface area contributed by atoms with Crippen LogP contribution in [0.15, 0.2) is 0 Å². The van der Waals surface area contributed by atoms with Crippen molar-refractivity contribution < 1.29 is 9.47 Å². The molecule has 1 heterocycles. The van der Waals surface area contributed by atoms with Crippen molar-refractivity contribution in [3.8, 4) is 0 Å². The lowest BCUT2D eigenvalue weighted by atomic mass is 9.88. The van der Waals surface area contributed by atoms with Crippen molar-refractivity contribution in [3.63, 3.8) is 0 Å². The van der Waals surface area contributed by atoms with Crippen molar-refractivity contribution in [1.29, 1.82) is 0 Å². The van der Waals surface area contributed by atoms with Crippen LogP contribution in [0.25, 0.3) is 0 Å². The van der Waals surface area contributed by atoms with Gasteiger partial charge in [-0.3, -0.25) is 0 Å². The van der Waals surface area contributed by atoms with E-state index in [-0.39, 0.29) is 0 Å². The van der Waals surface area contributed by atoms with Gasteiger partial charge in [-0.2, -0.15) is 0 Å². The van der Waals surface area contributed by atoms with E-state index < -0.39 is 0 Å². The molecule has 0 aromatic heterocycles. The summed E-state index contributed by atoms with van der Waals surface area (Å²) in [6, 6.07) is 0. The Balaban J connectivity index is 1.83. The molecule has 0 aromatic carbocycles. The highest BCUT2D eigenvalue weighted by molar-refractivity contribution is 4.73. The van der Waals surface area contributed by atoms with Gasteiger partial charge >= 0.3 is 0 Å². The van der Waals surface area contributed by atoms with Gasteiger partial charge in [0.05, 0.1) is 6.10 Å². The van der Waals surface area contributed by atoms with Crippen molar-refractivity contribution in [2.75, 3.05) is 13.4 Å². The second kappa shape index (κ2) is 8.92. The molecule has 2 rings (SSSR count). The minimum Gasteiger partial charge on any atom is -0.355 e. The van der Waals surface area contributed by atoms with Gasteiger partial charge in [0.2, 0.25) is 0 Å². The quantitative estimate of drug-likeness (QED) is 0.677. The van der Waals surface area contributed by atoms with Gasteiger partial charge in [-0.05, 0) is 31.6 Å². The zero-order chi connectivity index (χ0) is 12.5. The molecule has 2 nitrogen and oxygen atoms in total. The van der Waals surface area contributed by atoms with Crippen LogP contribution in [-0.2, 0) is 9.47 Å². The van der Waals surface area contributed by atoms with E-state index in [9.17, 15) is 0 Å². The summed E-state index contributed by atoms with van der Waals surface area (Å²) < 4.78 is 11.6. The normalized spacial score (nSPS) is 30.3. The largest absolute Gasteiger partial charge is 0.355 e. The third-order valence-corrected chi connectivity index (χ3v) is 4.57. The van der Waals surface area contributed by atoms with Crippen LogP contribution in [0.5, 0.6) is 0 Å². The first kappa shape index (κ1) is 14.3. The van der Waals surface area contributed by atoms with Crippen molar-refractivity contribution >= 4 is 0 Å². The highest BCUT2D eigenvalue weighted by atomic mass is 16.7. The van der Waals surface area contributed by atoms with E-state index in [1.54, 1.807) is 0 Å². The topological polar surface area (TPSA) is 18.5 Å². The molecule has 1 saturated heterocycles. The van der Waals surface area contributed by atoms with Crippen LogP contribution in [0, 0.1) is 5.92 Å². The number of hydrogen-bond donors (Lipinski definition) is 0. The van der Waals surface area contributed by atoms with Crippen LogP contribution >= 0.6 is 0 Å². The van der Waals surface area contributed by atoms with E-state index in [0.29, 0.717) is 12.9 Å². The van der Waals surface area contributed by atoms with Gasteiger partial charge in [-0.1, -0.05) is 51.4 Å². The molecule has 1 atom stereocenters. The van der Waals surface area contributed by atoms with Crippen molar-refractivity contribution in [1.82, 2.24) is 0 Å². The van der Waals surface area contributed by atoms with Crippen LogP contribution in [0.4, 0.5) is 0 Å². The lowest BCUT2D eigenvalue weighted by Crippen LogP contribution is -2.25. The number of ether oxygens (including phenoxy) is 2. The summed E-state index contributed by atoms with van der Waals surface area (Å²) in [6.07, 6.45) is 16.9. The predicted molar refractivity (Wildman–Crippen MR) is 74.6 cm³/mol. The summed E-state index contributed by atoms with van der Waals surface area (Å²) in [5.41, 5.74) is 0. The lowest BCUT2D eigenvalue weighted by Gasteiger charge is -2.26. The first-order valence-corrected chi connectivity index (χ1v) is 8.16. The second-order valence-corrected chi connectivity index (χ2v) is 6.04. The zero-order valence-electron chi connectivity index (χ0n) is 11.9. The van der Waals surface area contributed by atoms with Gasteiger partial charge in [-0.25, -0.2) is 0 Å². The Hall–Kier alpha value is -0.0800. The highest BCUT2D eigenvalue weighted by Crippen LogP contribution is 2.29. The Morgan fingerprint density at radius 3 is 2.00 bits per heavy atom. The Morgan fingerprint density at radius 2 is 1.22 bits per heavy atom. The fourth-order valence-electron chi connectivity index (χ4n) is 3.41. The van der Waals surface area contributed by atoms with Crippen molar-refractivity contribution in [2.24, 2.45) is 5.92 Å². The molecule has 2 fully saturated rings.